The summed E-state index contributed by atoms with van der Waals surface area (Å²) >= 11 is 0. The van der Waals surface area contributed by atoms with Crippen LogP contribution in [0.1, 0.15) is 20.3 Å². The number of carbonyl (C=O) groups is 2. The Bertz CT molecular complexity index is 225. The van der Waals surface area contributed by atoms with E-state index in [1.807, 2.05) is 13.8 Å². The first kappa shape index (κ1) is 8.77. The molecule has 66 valence electrons. The lowest BCUT2D eigenvalue weighted by Crippen LogP contribution is -2.50. The minimum absolute atomic E-state index is 0.0469. The molecule has 1 N–H and O–H groups in total. The van der Waals surface area contributed by atoms with Gasteiger partial charge in [-0.05, 0) is 13.8 Å². The van der Waals surface area contributed by atoms with E-state index in [0.29, 0.717) is 5.70 Å². The van der Waals surface area contributed by atoms with Crippen LogP contribution in [0.15, 0.2) is 12.3 Å². The van der Waals surface area contributed by atoms with Crippen molar-refractivity contribution in [3.63, 3.8) is 0 Å². The molecule has 4 nitrogen and oxygen atoms in total. The highest BCUT2D eigenvalue weighted by molar-refractivity contribution is 5.99. The fraction of sp³-hybridized carbons (Fsp3) is 0.500. The lowest BCUT2D eigenvalue weighted by Gasteiger charge is -2.31. The molecule has 1 aliphatic heterocycles. The Kier molecular flexibility index (Phi) is 2.17. The Labute approximate surface area is 71.2 Å². The molecule has 12 heavy (non-hydrogen) atoms. The Morgan fingerprint density at radius 1 is 1.50 bits per heavy atom. The van der Waals surface area contributed by atoms with E-state index < -0.39 is 0 Å². The molecule has 0 aromatic heterocycles. The van der Waals surface area contributed by atoms with Crippen LogP contribution in [0.5, 0.6) is 0 Å². The molecule has 0 aromatic carbocycles. The highest BCUT2D eigenvalue weighted by Gasteiger charge is 2.27. The fourth-order valence-corrected chi connectivity index (χ4v) is 1.24. The van der Waals surface area contributed by atoms with Gasteiger partial charge in [0, 0.05) is 11.7 Å². The van der Waals surface area contributed by atoms with Crippen LogP contribution in [-0.2, 0) is 4.79 Å². The van der Waals surface area contributed by atoms with E-state index in [2.05, 4.69) is 11.9 Å². The van der Waals surface area contributed by atoms with Crippen LogP contribution in [0.3, 0.4) is 0 Å². The summed E-state index contributed by atoms with van der Waals surface area (Å²) in [6.07, 6.45) is 0.212. The van der Waals surface area contributed by atoms with Crippen molar-refractivity contribution in [2.24, 2.45) is 0 Å². The van der Waals surface area contributed by atoms with Crippen LogP contribution in [-0.4, -0.2) is 22.9 Å². The first-order valence-electron chi connectivity index (χ1n) is 3.83. The molecule has 1 fully saturated rings. The molecule has 0 unspecified atom stereocenters. The van der Waals surface area contributed by atoms with Crippen molar-refractivity contribution < 1.29 is 9.59 Å². The van der Waals surface area contributed by atoms with Gasteiger partial charge < -0.3 is 0 Å². The van der Waals surface area contributed by atoms with Crippen molar-refractivity contribution in [1.82, 2.24) is 10.2 Å². The second-order valence-corrected chi connectivity index (χ2v) is 3.06. The maximum absolute atomic E-state index is 11.2. The maximum atomic E-state index is 11.2. The minimum Gasteiger partial charge on any atom is -0.296 e. The van der Waals surface area contributed by atoms with Crippen molar-refractivity contribution in [3.8, 4) is 0 Å². The number of rotatable bonds is 1. The van der Waals surface area contributed by atoms with Gasteiger partial charge in [-0.2, -0.15) is 0 Å². The third-order valence-corrected chi connectivity index (χ3v) is 1.69. The van der Waals surface area contributed by atoms with E-state index in [1.54, 1.807) is 0 Å². The maximum Gasteiger partial charge on any atom is 0.328 e. The van der Waals surface area contributed by atoms with E-state index in [4.69, 9.17) is 0 Å². The monoisotopic (exact) mass is 168 g/mol. The van der Waals surface area contributed by atoms with Gasteiger partial charge in [-0.25, -0.2) is 4.79 Å². The molecule has 0 saturated carbocycles. The van der Waals surface area contributed by atoms with E-state index >= 15 is 0 Å². The standard InChI is InChI=1S/C8H12N2O2/c1-5(2)10-6(3)4-7(11)9-8(10)12/h5H,3-4H2,1-2H3,(H,9,11,12). The Balaban J connectivity index is 2.81. The summed E-state index contributed by atoms with van der Waals surface area (Å²) in [4.78, 5) is 23.5. The van der Waals surface area contributed by atoms with Gasteiger partial charge in [0.15, 0.2) is 0 Å². The molecule has 1 saturated heterocycles. The van der Waals surface area contributed by atoms with Gasteiger partial charge in [0.05, 0.1) is 6.42 Å². The van der Waals surface area contributed by atoms with E-state index in [9.17, 15) is 9.59 Å². The first-order chi connectivity index (χ1) is 5.52. The van der Waals surface area contributed by atoms with Gasteiger partial charge in [-0.1, -0.05) is 6.58 Å². The van der Waals surface area contributed by atoms with Gasteiger partial charge in [0.2, 0.25) is 5.91 Å². The van der Waals surface area contributed by atoms with Gasteiger partial charge in [-0.3, -0.25) is 15.0 Å². The molecular weight excluding hydrogens is 156 g/mol. The zero-order valence-electron chi connectivity index (χ0n) is 7.26. The molecule has 0 atom stereocenters. The number of urea groups is 1. The highest BCUT2D eigenvalue weighted by atomic mass is 16.2. The van der Waals surface area contributed by atoms with Crippen LogP contribution < -0.4 is 5.32 Å². The number of nitrogens with one attached hydrogen (secondary N) is 1. The topological polar surface area (TPSA) is 49.4 Å². The normalized spacial score (nSPS) is 18.6. The average Bonchev–Trinajstić information content (AvgIpc) is 1.82. The average molecular weight is 168 g/mol. The summed E-state index contributed by atoms with van der Waals surface area (Å²) in [7, 11) is 0. The second-order valence-electron chi connectivity index (χ2n) is 3.06. The summed E-state index contributed by atoms with van der Waals surface area (Å²) in [5.74, 6) is -0.276. The lowest BCUT2D eigenvalue weighted by molar-refractivity contribution is -0.120. The zero-order chi connectivity index (χ0) is 9.30. The zero-order valence-corrected chi connectivity index (χ0v) is 7.26. The summed E-state index contributed by atoms with van der Waals surface area (Å²) in [5, 5.41) is 2.23. The molecule has 1 rings (SSSR count). The Hall–Kier alpha value is -1.32. The van der Waals surface area contributed by atoms with Gasteiger partial charge in [0.25, 0.3) is 0 Å². The Morgan fingerprint density at radius 2 is 2.08 bits per heavy atom. The van der Waals surface area contributed by atoms with Gasteiger partial charge in [0.1, 0.15) is 0 Å². The van der Waals surface area contributed by atoms with Gasteiger partial charge in [-0.15, -0.1) is 0 Å². The molecule has 0 radical (unpaired) electrons. The Morgan fingerprint density at radius 3 is 2.50 bits per heavy atom. The summed E-state index contributed by atoms with van der Waals surface area (Å²) in [6, 6.07) is -0.322. The van der Waals surface area contributed by atoms with Crippen molar-refractivity contribution in [2.75, 3.05) is 0 Å². The quantitative estimate of drug-likeness (QED) is 0.631. The SMILES string of the molecule is C=C1CC(=O)NC(=O)N1C(C)C. The number of hydrogen-bond donors (Lipinski definition) is 1. The largest absolute Gasteiger partial charge is 0.328 e. The number of carbonyl (C=O) groups excluding carboxylic acids is 2. The van der Waals surface area contributed by atoms with Crippen LogP contribution in [0, 0.1) is 0 Å². The molecule has 3 amide bonds. The molecule has 4 heteroatoms. The smallest absolute Gasteiger partial charge is 0.296 e. The van der Waals surface area contributed by atoms with Crippen LogP contribution in [0.4, 0.5) is 4.79 Å². The summed E-state index contributed by atoms with van der Waals surface area (Å²) < 4.78 is 0. The number of amides is 3. The minimum atomic E-state index is -0.369. The molecule has 0 aliphatic carbocycles. The van der Waals surface area contributed by atoms with Crippen molar-refractivity contribution in [1.29, 1.82) is 0 Å². The molecule has 1 aliphatic rings. The summed E-state index contributed by atoms with van der Waals surface area (Å²) in [6.45, 7) is 7.41. The van der Waals surface area contributed by atoms with Crippen molar-refractivity contribution >= 4 is 11.9 Å². The van der Waals surface area contributed by atoms with Crippen molar-refractivity contribution in [2.45, 2.75) is 26.3 Å². The molecule has 1 heterocycles. The van der Waals surface area contributed by atoms with Gasteiger partial charge >= 0.3 is 6.03 Å². The van der Waals surface area contributed by atoms with Crippen LogP contribution in [0.25, 0.3) is 0 Å². The van der Waals surface area contributed by atoms with Crippen molar-refractivity contribution in [3.05, 3.63) is 12.3 Å². The number of nitrogens with zero attached hydrogens (tertiary/aromatic N) is 1. The summed E-state index contributed by atoms with van der Waals surface area (Å²) in [5.41, 5.74) is 0.568. The third-order valence-electron chi connectivity index (χ3n) is 1.69. The second kappa shape index (κ2) is 2.97. The molecule has 0 aromatic rings. The molecular formula is C8H12N2O2. The number of imide groups is 1. The van der Waals surface area contributed by atoms with E-state index in [-0.39, 0.29) is 24.4 Å². The third kappa shape index (κ3) is 1.47. The predicted molar refractivity (Wildman–Crippen MR) is 44.3 cm³/mol. The highest BCUT2D eigenvalue weighted by Crippen LogP contribution is 2.15. The fourth-order valence-electron chi connectivity index (χ4n) is 1.24. The van der Waals surface area contributed by atoms with E-state index in [0.717, 1.165) is 0 Å². The van der Waals surface area contributed by atoms with E-state index in [1.165, 1.54) is 4.90 Å². The number of hydrogen-bond acceptors (Lipinski definition) is 2. The van der Waals surface area contributed by atoms with Crippen LogP contribution >= 0.6 is 0 Å². The molecule has 0 bridgehead atoms. The molecule has 0 spiro atoms. The predicted octanol–water partition coefficient (Wildman–Crippen LogP) is 0.850. The first-order valence-corrected chi connectivity index (χ1v) is 3.83. The lowest BCUT2D eigenvalue weighted by atomic mass is 10.2. The van der Waals surface area contributed by atoms with Crippen LogP contribution in [0.2, 0.25) is 0 Å².